The third-order valence-electron chi connectivity index (χ3n) is 4.67. The fraction of sp³-hybridized carbons (Fsp3) is 0.286. The second-order valence-corrected chi connectivity index (χ2v) is 7.70. The minimum absolute atomic E-state index is 0. The third-order valence-corrected chi connectivity index (χ3v) is 5.89. The van der Waals surface area contributed by atoms with Gasteiger partial charge in [-0.15, -0.1) is 35.3 Å². The number of hydrogen-bond donors (Lipinski definition) is 3. The van der Waals surface area contributed by atoms with E-state index in [9.17, 15) is 5.11 Å². The number of ether oxygens (including phenoxy) is 1. The highest BCUT2D eigenvalue weighted by atomic mass is 127. The van der Waals surface area contributed by atoms with Crippen molar-refractivity contribution in [1.82, 2.24) is 10.6 Å². The van der Waals surface area contributed by atoms with E-state index in [0.29, 0.717) is 19.0 Å². The summed E-state index contributed by atoms with van der Waals surface area (Å²) in [7, 11) is 1.73. The number of aliphatic hydroxyl groups is 1. The van der Waals surface area contributed by atoms with Crippen molar-refractivity contribution in [2.45, 2.75) is 18.6 Å². The Kier molecular flexibility index (Phi) is 7.14. The number of aliphatic imine (C=N–C) groups is 1. The van der Waals surface area contributed by atoms with Crippen LogP contribution < -0.4 is 15.4 Å². The average Bonchev–Trinajstić information content (AvgIpc) is 3.31. The summed E-state index contributed by atoms with van der Waals surface area (Å²) in [4.78, 5) is 5.19. The Bertz CT molecular complexity index is 901. The van der Waals surface area contributed by atoms with Crippen LogP contribution in [0.4, 0.5) is 0 Å². The van der Waals surface area contributed by atoms with Gasteiger partial charge in [-0.05, 0) is 29.1 Å². The number of halogens is 1. The Labute approximate surface area is 185 Å². The molecule has 148 valence electrons. The maximum atomic E-state index is 10.5. The summed E-state index contributed by atoms with van der Waals surface area (Å²) in [6, 6.07) is 18.3. The van der Waals surface area contributed by atoms with Crippen LogP contribution in [-0.4, -0.2) is 37.3 Å². The topological polar surface area (TPSA) is 65.9 Å². The highest BCUT2D eigenvalue weighted by Gasteiger charge is 2.22. The molecule has 2 heterocycles. The van der Waals surface area contributed by atoms with Gasteiger partial charge in [0.2, 0.25) is 0 Å². The number of hydrogen-bond acceptors (Lipinski definition) is 4. The van der Waals surface area contributed by atoms with Gasteiger partial charge in [0.05, 0.1) is 6.54 Å². The van der Waals surface area contributed by atoms with E-state index < -0.39 is 6.10 Å². The minimum atomic E-state index is -0.576. The van der Waals surface area contributed by atoms with Crippen molar-refractivity contribution in [2.75, 3.05) is 20.1 Å². The molecule has 4 rings (SSSR count). The van der Waals surface area contributed by atoms with Crippen LogP contribution in [-0.2, 0) is 6.42 Å². The van der Waals surface area contributed by atoms with Crippen molar-refractivity contribution in [2.24, 2.45) is 4.99 Å². The summed E-state index contributed by atoms with van der Waals surface area (Å²) in [5, 5.41) is 18.2. The van der Waals surface area contributed by atoms with Crippen LogP contribution in [0, 0.1) is 0 Å². The Morgan fingerprint density at radius 1 is 1.21 bits per heavy atom. The van der Waals surface area contributed by atoms with Crippen molar-refractivity contribution < 1.29 is 9.84 Å². The van der Waals surface area contributed by atoms with Crippen LogP contribution in [0.1, 0.15) is 16.5 Å². The monoisotopic (exact) mass is 509 g/mol. The molecule has 0 amide bonds. The van der Waals surface area contributed by atoms with Crippen LogP contribution in [0.5, 0.6) is 5.75 Å². The van der Waals surface area contributed by atoms with E-state index in [2.05, 4.69) is 33.8 Å². The van der Waals surface area contributed by atoms with Gasteiger partial charge in [-0.25, -0.2) is 0 Å². The molecule has 1 aromatic heterocycles. The molecule has 0 bridgehead atoms. The van der Waals surface area contributed by atoms with Gasteiger partial charge < -0.3 is 20.5 Å². The molecule has 2 aromatic carbocycles. The first kappa shape index (κ1) is 20.9. The van der Waals surface area contributed by atoms with Crippen LogP contribution in [0.15, 0.2) is 59.6 Å². The first-order valence-corrected chi connectivity index (χ1v) is 9.90. The number of rotatable bonds is 5. The molecule has 0 aliphatic carbocycles. The fourth-order valence-electron chi connectivity index (χ4n) is 3.26. The molecule has 28 heavy (non-hydrogen) atoms. The molecule has 0 saturated carbocycles. The van der Waals surface area contributed by atoms with Gasteiger partial charge in [0.1, 0.15) is 18.0 Å². The summed E-state index contributed by atoms with van der Waals surface area (Å²) in [5.41, 5.74) is 1.24. The number of benzene rings is 2. The number of nitrogens with one attached hydrogen (secondary N) is 2. The number of fused-ring (bicyclic) bond motifs is 2. The quantitative estimate of drug-likeness (QED) is 0.279. The highest BCUT2D eigenvalue weighted by Crippen LogP contribution is 2.29. The van der Waals surface area contributed by atoms with E-state index in [0.717, 1.165) is 22.4 Å². The van der Waals surface area contributed by atoms with Crippen LogP contribution in [0.2, 0.25) is 0 Å². The lowest BCUT2D eigenvalue weighted by atomic mass is 10.1. The molecule has 0 saturated heterocycles. The van der Waals surface area contributed by atoms with E-state index in [-0.39, 0.29) is 30.1 Å². The Hall–Kier alpha value is -1.84. The second kappa shape index (κ2) is 9.58. The van der Waals surface area contributed by atoms with E-state index in [1.165, 1.54) is 10.3 Å². The molecular formula is C21H24IN3O2S. The predicted molar refractivity (Wildman–Crippen MR) is 126 cm³/mol. The Morgan fingerprint density at radius 3 is 2.79 bits per heavy atom. The van der Waals surface area contributed by atoms with Gasteiger partial charge in [0.25, 0.3) is 0 Å². The lowest BCUT2D eigenvalue weighted by molar-refractivity contribution is 0.184. The normalized spacial score (nSPS) is 16.8. The molecule has 0 fully saturated rings. The molecule has 2 unspecified atom stereocenters. The molecule has 3 N–H and O–H groups in total. The smallest absolute Gasteiger partial charge is 0.191 e. The first-order valence-electron chi connectivity index (χ1n) is 9.08. The summed E-state index contributed by atoms with van der Waals surface area (Å²) in [6.07, 6.45) is 0.409. The molecular weight excluding hydrogens is 485 g/mol. The van der Waals surface area contributed by atoms with E-state index in [1.807, 2.05) is 36.4 Å². The maximum Gasteiger partial charge on any atom is 0.191 e. The van der Waals surface area contributed by atoms with Gasteiger partial charge in [0.15, 0.2) is 5.96 Å². The lowest BCUT2D eigenvalue weighted by Gasteiger charge is -2.17. The summed E-state index contributed by atoms with van der Waals surface area (Å²) in [5.74, 6) is 1.63. The van der Waals surface area contributed by atoms with Crippen LogP contribution in [0.25, 0.3) is 10.1 Å². The van der Waals surface area contributed by atoms with Gasteiger partial charge in [0, 0.05) is 29.6 Å². The van der Waals surface area contributed by atoms with Crippen molar-refractivity contribution >= 4 is 51.4 Å². The van der Waals surface area contributed by atoms with Crippen LogP contribution in [0.3, 0.4) is 0 Å². The van der Waals surface area contributed by atoms with E-state index in [4.69, 9.17) is 4.74 Å². The zero-order valence-electron chi connectivity index (χ0n) is 15.6. The maximum absolute atomic E-state index is 10.5. The number of nitrogens with zero attached hydrogens (tertiary/aromatic N) is 1. The van der Waals surface area contributed by atoms with Crippen molar-refractivity contribution in [1.29, 1.82) is 0 Å². The second-order valence-electron chi connectivity index (χ2n) is 6.59. The highest BCUT2D eigenvalue weighted by molar-refractivity contribution is 14.0. The van der Waals surface area contributed by atoms with Crippen molar-refractivity contribution in [3.05, 3.63) is 65.0 Å². The number of aliphatic hydroxyl groups excluding tert-OH is 1. The minimum Gasteiger partial charge on any atom is -0.488 e. The summed E-state index contributed by atoms with van der Waals surface area (Å²) < 4.78 is 7.12. The molecule has 3 aromatic rings. The van der Waals surface area contributed by atoms with Gasteiger partial charge in [-0.3, -0.25) is 4.99 Å². The molecule has 2 atom stereocenters. The molecule has 1 aliphatic heterocycles. The van der Waals surface area contributed by atoms with Crippen molar-refractivity contribution in [3.63, 3.8) is 0 Å². The van der Waals surface area contributed by atoms with Gasteiger partial charge >= 0.3 is 0 Å². The third kappa shape index (κ3) is 4.76. The molecule has 5 nitrogen and oxygen atoms in total. The molecule has 0 spiro atoms. The summed E-state index contributed by atoms with van der Waals surface area (Å²) >= 11 is 1.62. The van der Waals surface area contributed by atoms with Gasteiger partial charge in [-0.1, -0.05) is 36.4 Å². The standard InChI is InChI=1S/C21H23N3O2S.HI/c1-22-21(23-12-16-10-14-6-2-4-8-18(14)26-16)24-13-17(25)20-11-15-7-3-5-9-19(15)27-20;/h2-9,11,16-17,25H,10,12-13H2,1H3,(H2,22,23,24);1H. The SMILES string of the molecule is CN=C(NCC1Cc2ccccc2O1)NCC(O)c1cc2ccccc2s1.I. The van der Waals surface area contributed by atoms with E-state index >= 15 is 0 Å². The zero-order chi connectivity index (χ0) is 18.6. The summed E-state index contributed by atoms with van der Waals surface area (Å²) in [6.45, 7) is 1.06. The van der Waals surface area contributed by atoms with Crippen molar-refractivity contribution in [3.8, 4) is 5.75 Å². The van der Waals surface area contributed by atoms with Gasteiger partial charge in [-0.2, -0.15) is 0 Å². The van der Waals surface area contributed by atoms with E-state index in [1.54, 1.807) is 18.4 Å². The average molecular weight is 509 g/mol. The van der Waals surface area contributed by atoms with Crippen LogP contribution >= 0.6 is 35.3 Å². The largest absolute Gasteiger partial charge is 0.488 e. The molecule has 1 aliphatic rings. The number of para-hydroxylation sites is 1. The molecule has 7 heteroatoms. The zero-order valence-corrected chi connectivity index (χ0v) is 18.7. The predicted octanol–water partition coefficient (Wildman–Crippen LogP) is 3.72. The molecule has 0 radical (unpaired) electrons. The first-order chi connectivity index (χ1) is 13.2. The fourth-order valence-corrected chi connectivity index (χ4v) is 4.31. The Morgan fingerprint density at radius 2 is 2.00 bits per heavy atom. The number of thiophene rings is 1. The lowest BCUT2D eigenvalue weighted by Crippen LogP contribution is -2.43. The number of guanidine groups is 1. The Balaban J connectivity index is 0.00000225.